The molecule has 0 radical (unpaired) electrons. The lowest BCUT2D eigenvalue weighted by Gasteiger charge is -2.22. The number of aromatic nitrogens is 2. The largest absolute Gasteiger partial charge is 0.382 e. The standard InChI is InChI=1S/C9H16N4/c1-6-8(9(10)13-12-6)7-3-2-4-11-5-7/h7,11H,2-5H2,1H3,(H3,10,12,13). The second kappa shape index (κ2) is 3.38. The molecule has 1 saturated heterocycles. The summed E-state index contributed by atoms with van der Waals surface area (Å²) in [7, 11) is 0. The summed E-state index contributed by atoms with van der Waals surface area (Å²) in [6.07, 6.45) is 2.45. The molecule has 1 atom stereocenters. The molecule has 1 aromatic rings. The molecule has 0 aliphatic carbocycles. The lowest BCUT2D eigenvalue weighted by atomic mass is 9.91. The molecule has 1 aliphatic heterocycles. The van der Waals surface area contributed by atoms with Gasteiger partial charge in [0.1, 0.15) is 5.82 Å². The van der Waals surface area contributed by atoms with Crippen molar-refractivity contribution in [3.05, 3.63) is 11.3 Å². The zero-order chi connectivity index (χ0) is 9.26. The van der Waals surface area contributed by atoms with Crippen LogP contribution in [0.25, 0.3) is 0 Å². The third-order valence-electron chi connectivity index (χ3n) is 2.73. The quantitative estimate of drug-likeness (QED) is 0.598. The molecule has 2 rings (SSSR count). The predicted octanol–water partition coefficient (Wildman–Crippen LogP) is 0.767. The monoisotopic (exact) mass is 180 g/mol. The first-order chi connectivity index (χ1) is 6.29. The van der Waals surface area contributed by atoms with Crippen LogP contribution in [-0.4, -0.2) is 23.3 Å². The maximum atomic E-state index is 5.80. The van der Waals surface area contributed by atoms with Crippen LogP contribution < -0.4 is 11.1 Å². The Morgan fingerprint density at radius 1 is 1.54 bits per heavy atom. The summed E-state index contributed by atoms with van der Waals surface area (Å²) in [5, 5.41) is 10.3. The number of aromatic amines is 1. The zero-order valence-electron chi connectivity index (χ0n) is 7.93. The van der Waals surface area contributed by atoms with Crippen LogP contribution in [0.15, 0.2) is 0 Å². The Hall–Kier alpha value is -1.03. The summed E-state index contributed by atoms with van der Waals surface area (Å²) in [5.41, 5.74) is 8.13. The SMILES string of the molecule is Cc1[nH]nc(N)c1C1CCCNC1. The summed E-state index contributed by atoms with van der Waals surface area (Å²) in [4.78, 5) is 0. The van der Waals surface area contributed by atoms with Crippen molar-refractivity contribution in [2.45, 2.75) is 25.7 Å². The number of anilines is 1. The number of hydrogen-bond donors (Lipinski definition) is 3. The van der Waals surface area contributed by atoms with Gasteiger partial charge in [-0.1, -0.05) is 0 Å². The van der Waals surface area contributed by atoms with Gasteiger partial charge in [-0.3, -0.25) is 5.10 Å². The number of nitrogen functional groups attached to an aromatic ring is 1. The molecule has 0 saturated carbocycles. The minimum atomic E-state index is 0.549. The number of rotatable bonds is 1. The molecule has 4 nitrogen and oxygen atoms in total. The molecule has 1 aromatic heterocycles. The number of nitrogens with two attached hydrogens (primary N) is 1. The van der Waals surface area contributed by atoms with Crippen molar-refractivity contribution < 1.29 is 0 Å². The first kappa shape index (κ1) is 8.56. The molecule has 4 N–H and O–H groups in total. The van der Waals surface area contributed by atoms with E-state index in [-0.39, 0.29) is 0 Å². The molecular weight excluding hydrogens is 164 g/mol. The van der Waals surface area contributed by atoms with Gasteiger partial charge >= 0.3 is 0 Å². The highest BCUT2D eigenvalue weighted by molar-refractivity contribution is 5.44. The molecule has 13 heavy (non-hydrogen) atoms. The fourth-order valence-electron chi connectivity index (χ4n) is 2.07. The molecule has 72 valence electrons. The lowest BCUT2D eigenvalue weighted by Crippen LogP contribution is -2.28. The van der Waals surface area contributed by atoms with Gasteiger partial charge in [0.05, 0.1) is 0 Å². The Labute approximate surface area is 77.9 Å². The Morgan fingerprint density at radius 3 is 2.92 bits per heavy atom. The molecule has 0 bridgehead atoms. The summed E-state index contributed by atoms with van der Waals surface area (Å²) >= 11 is 0. The van der Waals surface area contributed by atoms with Crippen LogP contribution in [-0.2, 0) is 0 Å². The molecule has 0 amide bonds. The molecule has 1 fully saturated rings. The van der Waals surface area contributed by atoms with E-state index in [1.165, 1.54) is 18.4 Å². The van der Waals surface area contributed by atoms with Crippen molar-refractivity contribution in [3.63, 3.8) is 0 Å². The van der Waals surface area contributed by atoms with Gasteiger partial charge in [-0.15, -0.1) is 0 Å². The maximum absolute atomic E-state index is 5.80. The molecule has 1 unspecified atom stereocenters. The minimum absolute atomic E-state index is 0.549. The van der Waals surface area contributed by atoms with E-state index in [2.05, 4.69) is 15.5 Å². The molecule has 1 aliphatic rings. The third kappa shape index (κ3) is 1.54. The van der Waals surface area contributed by atoms with Gasteiger partial charge in [0, 0.05) is 23.7 Å². The number of piperidine rings is 1. The van der Waals surface area contributed by atoms with Gasteiger partial charge in [0.25, 0.3) is 0 Å². The van der Waals surface area contributed by atoms with Crippen molar-refractivity contribution in [2.75, 3.05) is 18.8 Å². The normalized spacial score (nSPS) is 23.3. The Bertz CT molecular complexity index is 266. The van der Waals surface area contributed by atoms with Gasteiger partial charge in [-0.05, 0) is 26.3 Å². The predicted molar refractivity (Wildman–Crippen MR) is 52.6 cm³/mol. The topological polar surface area (TPSA) is 66.7 Å². The van der Waals surface area contributed by atoms with Gasteiger partial charge in [-0.25, -0.2) is 0 Å². The van der Waals surface area contributed by atoms with Crippen molar-refractivity contribution in [3.8, 4) is 0 Å². The van der Waals surface area contributed by atoms with E-state index in [1.807, 2.05) is 6.92 Å². The van der Waals surface area contributed by atoms with Crippen molar-refractivity contribution in [1.82, 2.24) is 15.5 Å². The maximum Gasteiger partial charge on any atom is 0.148 e. The van der Waals surface area contributed by atoms with E-state index >= 15 is 0 Å². The first-order valence-electron chi connectivity index (χ1n) is 4.80. The highest BCUT2D eigenvalue weighted by Gasteiger charge is 2.20. The van der Waals surface area contributed by atoms with Crippen LogP contribution >= 0.6 is 0 Å². The zero-order valence-corrected chi connectivity index (χ0v) is 7.93. The van der Waals surface area contributed by atoms with E-state index in [9.17, 15) is 0 Å². The Balaban J connectivity index is 2.22. The molecular formula is C9H16N4. The van der Waals surface area contributed by atoms with E-state index in [0.717, 1.165) is 18.8 Å². The summed E-state index contributed by atoms with van der Waals surface area (Å²) in [6.45, 7) is 4.20. The average Bonchev–Trinajstić information content (AvgIpc) is 2.48. The van der Waals surface area contributed by atoms with E-state index in [0.29, 0.717) is 11.7 Å². The Kier molecular flexibility index (Phi) is 2.22. The van der Waals surface area contributed by atoms with Gasteiger partial charge in [0.2, 0.25) is 0 Å². The third-order valence-corrected chi connectivity index (χ3v) is 2.73. The number of hydrogen-bond acceptors (Lipinski definition) is 3. The number of aryl methyl sites for hydroxylation is 1. The van der Waals surface area contributed by atoms with E-state index in [4.69, 9.17) is 5.73 Å². The number of nitrogens with zero attached hydrogens (tertiary/aromatic N) is 1. The summed E-state index contributed by atoms with van der Waals surface area (Å²) in [6, 6.07) is 0. The van der Waals surface area contributed by atoms with Gasteiger partial charge in [0.15, 0.2) is 0 Å². The molecule has 2 heterocycles. The number of H-pyrrole nitrogens is 1. The second-order valence-electron chi connectivity index (χ2n) is 3.69. The van der Waals surface area contributed by atoms with Crippen molar-refractivity contribution >= 4 is 5.82 Å². The minimum Gasteiger partial charge on any atom is -0.382 e. The van der Waals surface area contributed by atoms with E-state index in [1.54, 1.807) is 0 Å². The van der Waals surface area contributed by atoms with E-state index < -0.39 is 0 Å². The van der Waals surface area contributed by atoms with Crippen LogP contribution in [0.2, 0.25) is 0 Å². The molecule has 0 spiro atoms. The van der Waals surface area contributed by atoms with Crippen LogP contribution in [0.5, 0.6) is 0 Å². The van der Waals surface area contributed by atoms with Crippen LogP contribution in [0.3, 0.4) is 0 Å². The van der Waals surface area contributed by atoms with Gasteiger partial charge < -0.3 is 11.1 Å². The fourth-order valence-corrected chi connectivity index (χ4v) is 2.07. The van der Waals surface area contributed by atoms with Gasteiger partial charge in [-0.2, -0.15) is 5.10 Å². The van der Waals surface area contributed by atoms with Crippen LogP contribution in [0, 0.1) is 6.92 Å². The highest BCUT2D eigenvalue weighted by Crippen LogP contribution is 2.28. The van der Waals surface area contributed by atoms with Crippen LogP contribution in [0.4, 0.5) is 5.82 Å². The smallest absolute Gasteiger partial charge is 0.148 e. The first-order valence-corrected chi connectivity index (χ1v) is 4.80. The van der Waals surface area contributed by atoms with Crippen LogP contribution in [0.1, 0.15) is 30.0 Å². The number of nitrogens with one attached hydrogen (secondary N) is 2. The highest BCUT2D eigenvalue weighted by atomic mass is 15.2. The van der Waals surface area contributed by atoms with Crippen molar-refractivity contribution in [1.29, 1.82) is 0 Å². The molecule has 0 aromatic carbocycles. The Morgan fingerprint density at radius 2 is 2.38 bits per heavy atom. The second-order valence-corrected chi connectivity index (χ2v) is 3.69. The van der Waals surface area contributed by atoms with Crippen molar-refractivity contribution in [2.24, 2.45) is 0 Å². The summed E-state index contributed by atoms with van der Waals surface area (Å²) in [5.74, 6) is 1.22. The summed E-state index contributed by atoms with van der Waals surface area (Å²) < 4.78 is 0. The lowest BCUT2D eigenvalue weighted by molar-refractivity contribution is 0.461. The molecule has 4 heteroatoms. The average molecular weight is 180 g/mol. The fraction of sp³-hybridized carbons (Fsp3) is 0.667.